The molecule has 0 spiro atoms. The molecule has 0 aliphatic carbocycles. The Morgan fingerprint density at radius 3 is 1.00 bits per heavy atom. The molecule has 0 aromatic carbocycles. The molecule has 2 rings (SSSR count). The molecular weight excluding hydrogens is 627 g/mol. The molecule has 2 heterocycles. The van der Waals surface area contributed by atoms with Gasteiger partial charge >= 0.3 is 97.4 Å². The van der Waals surface area contributed by atoms with Gasteiger partial charge in [-0.15, -0.1) is 0 Å². The van der Waals surface area contributed by atoms with Gasteiger partial charge in [0.2, 0.25) is 0 Å². The largest absolute Gasteiger partial charge is 2.00 e. The summed E-state index contributed by atoms with van der Waals surface area (Å²) >= 11 is 0. The van der Waals surface area contributed by atoms with Crippen LogP contribution in [-0.2, 0) is 19.5 Å². The Morgan fingerprint density at radius 1 is 0.606 bits per heavy atom. The SMILES string of the molecule is F[P-](F)(F)(F)(F)F.F[P-](F)(F)(F)(F)F.O=C(O)c1ccnc(-c2cc(C(=O)O)ccn2)c1.[Ru+2]. The maximum Gasteiger partial charge on any atom is 2.00 e. The summed E-state index contributed by atoms with van der Waals surface area (Å²) in [4.78, 5) is 29.6. The molecular formula is C12H8F12N2O4P2Ru. The normalized spacial score (nSPS) is 15.3. The fraction of sp³-hybridized carbons (Fsp3) is 0. The topological polar surface area (TPSA) is 100 Å². The molecule has 0 amide bonds. The number of aromatic nitrogens is 2. The van der Waals surface area contributed by atoms with Crippen molar-refractivity contribution >= 4 is 27.6 Å². The third kappa shape index (κ3) is 26.0. The van der Waals surface area contributed by atoms with E-state index in [1.807, 2.05) is 0 Å². The third-order valence-corrected chi connectivity index (χ3v) is 2.28. The quantitative estimate of drug-likeness (QED) is 0.200. The molecule has 2 aromatic heterocycles. The van der Waals surface area contributed by atoms with Crippen molar-refractivity contribution in [1.29, 1.82) is 0 Å². The predicted octanol–water partition coefficient (Wildman–Crippen LogP) is 8.30. The Kier molecular flexibility index (Phi) is 8.60. The van der Waals surface area contributed by atoms with Crippen molar-refractivity contribution < 1.29 is 89.6 Å². The first-order chi connectivity index (χ1) is 13.5. The standard InChI is InChI=1S/C12H8N2O4.2F6P.Ru/c15-11(16)7-1-3-13-9(5-7)10-6-8(12(17)18)2-4-14-10;2*1-7(2,3,4,5)6;/h1-6H,(H,15,16)(H,17,18);;;/q;2*-1;+2. The zero-order valence-corrected chi connectivity index (χ0v) is 18.4. The van der Waals surface area contributed by atoms with Crippen molar-refractivity contribution in [1.82, 2.24) is 9.97 Å². The van der Waals surface area contributed by atoms with Gasteiger partial charge in [0.05, 0.1) is 22.5 Å². The molecule has 192 valence electrons. The van der Waals surface area contributed by atoms with Crippen molar-refractivity contribution in [3.63, 3.8) is 0 Å². The van der Waals surface area contributed by atoms with Gasteiger partial charge in [-0.1, -0.05) is 0 Å². The summed E-state index contributed by atoms with van der Waals surface area (Å²) in [5.41, 5.74) is 0.779. The van der Waals surface area contributed by atoms with Crippen LogP contribution in [0.5, 0.6) is 0 Å². The predicted molar refractivity (Wildman–Crippen MR) is 88.5 cm³/mol. The molecule has 33 heavy (non-hydrogen) atoms. The van der Waals surface area contributed by atoms with Crippen LogP contribution in [0.3, 0.4) is 0 Å². The first kappa shape index (κ1) is 33.1. The minimum Gasteiger partial charge on any atom is -0.478 e. The Bertz CT molecular complexity index is 923. The van der Waals surface area contributed by atoms with Crippen molar-refractivity contribution in [2.45, 2.75) is 0 Å². The van der Waals surface area contributed by atoms with Gasteiger partial charge < -0.3 is 10.2 Å². The second-order valence-corrected chi connectivity index (χ2v) is 9.22. The van der Waals surface area contributed by atoms with E-state index in [2.05, 4.69) is 9.97 Å². The summed E-state index contributed by atoms with van der Waals surface area (Å²) < 4.78 is 118. The average molecular weight is 635 g/mol. The fourth-order valence-electron chi connectivity index (χ4n) is 1.41. The molecule has 0 aliphatic rings. The van der Waals surface area contributed by atoms with E-state index < -0.39 is 27.6 Å². The molecule has 0 atom stereocenters. The van der Waals surface area contributed by atoms with Crippen LogP contribution >= 0.6 is 15.6 Å². The first-order valence-corrected chi connectivity index (χ1v) is 11.1. The maximum atomic E-state index is 10.8. The molecule has 0 unspecified atom stereocenters. The van der Waals surface area contributed by atoms with E-state index in [9.17, 15) is 60.0 Å². The Labute approximate surface area is 186 Å². The molecule has 21 heteroatoms. The number of hydrogen-bond donors (Lipinski definition) is 2. The van der Waals surface area contributed by atoms with Crippen LogP contribution in [0.4, 0.5) is 50.4 Å². The number of pyridine rings is 2. The van der Waals surface area contributed by atoms with Crippen LogP contribution in [0.2, 0.25) is 0 Å². The van der Waals surface area contributed by atoms with E-state index in [-0.39, 0.29) is 30.6 Å². The van der Waals surface area contributed by atoms with Gasteiger partial charge in [0.25, 0.3) is 0 Å². The van der Waals surface area contributed by atoms with Crippen molar-refractivity contribution in [2.24, 2.45) is 0 Å². The van der Waals surface area contributed by atoms with Crippen molar-refractivity contribution in [3.05, 3.63) is 47.8 Å². The molecule has 0 saturated carbocycles. The number of nitrogens with zero attached hydrogens (tertiary/aromatic N) is 2. The minimum absolute atomic E-state index is 0. The van der Waals surface area contributed by atoms with E-state index in [0.717, 1.165) is 0 Å². The van der Waals surface area contributed by atoms with E-state index in [0.29, 0.717) is 11.4 Å². The third-order valence-electron chi connectivity index (χ3n) is 2.28. The van der Waals surface area contributed by atoms with Crippen LogP contribution in [0.15, 0.2) is 36.7 Å². The summed E-state index contributed by atoms with van der Waals surface area (Å²) in [6.07, 6.45) is 2.68. The number of aromatic carboxylic acids is 2. The molecule has 0 bridgehead atoms. The molecule has 0 aliphatic heterocycles. The molecule has 0 fully saturated rings. The minimum atomic E-state index is -10.7. The average Bonchev–Trinajstić information content (AvgIpc) is 2.49. The molecule has 0 radical (unpaired) electrons. The summed E-state index contributed by atoms with van der Waals surface area (Å²) in [7, 11) is -21.3. The smallest absolute Gasteiger partial charge is 0.478 e. The number of carbonyl (C=O) groups is 2. The molecule has 6 nitrogen and oxygen atoms in total. The van der Waals surface area contributed by atoms with Gasteiger partial charge in [-0.25, -0.2) is 9.59 Å². The second-order valence-electron chi connectivity index (χ2n) is 5.39. The number of carboxylic acid groups (broad SMARTS) is 2. The maximum absolute atomic E-state index is 10.8. The van der Waals surface area contributed by atoms with E-state index >= 15 is 0 Å². The molecule has 2 N–H and O–H groups in total. The van der Waals surface area contributed by atoms with Crippen LogP contribution in [0.25, 0.3) is 11.4 Å². The number of halogens is 12. The van der Waals surface area contributed by atoms with Gasteiger partial charge in [-0.2, -0.15) is 0 Å². The van der Waals surface area contributed by atoms with Crippen LogP contribution in [-0.4, -0.2) is 32.1 Å². The first-order valence-electron chi connectivity index (χ1n) is 7.00. The van der Waals surface area contributed by atoms with E-state index in [1.54, 1.807) is 0 Å². The number of rotatable bonds is 3. The fourth-order valence-corrected chi connectivity index (χ4v) is 1.41. The zero-order chi connectivity index (χ0) is 25.9. The summed E-state index contributed by atoms with van der Waals surface area (Å²) in [6, 6.07) is 5.40. The van der Waals surface area contributed by atoms with E-state index in [1.165, 1.54) is 36.7 Å². The second kappa shape index (κ2) is 8.59. The summed E-state index contributed by atoms with van der Waals surface area (Å²) in [5.74, 6) is -2.15. The van der Waals surface area contributed by atoms with Crippen LogP contribution < -0.4 is 0 Å². The summed E-state index contributed by atoms with van der Waals surface area (Å²) in [6.45, 7) is 0. The van der Waals surface area contributed by atoms with Gasteiger partial charge in [-0.05, 0) is 24.3 Å². The number of carboxylic acids is 2. The van der Waals surface area contributed by atoms with Gasteiger partial charge in [0, 0.05) is 12.4 Å². The molecule has 2 aromatic rings. The van der Waals surface area contributed by atoms with E-state index in [4.69, 9.17) is 10.2 Å². The number of hydrogen-bond acceptors (Lipinski definition) is 4. The van der Waals surface area contributed by atoms with Crippen molar-refractivity contribution in [2.75, 3.05) is 0 Å². The van der Waals surface area contributed by atoms with Crippen LogP contribution in [0, 0.1) is 0 Å². The van der Waals surface area contributed by atoms with Gasteiger partial charge in [-0.3, -0.25) is 9.97 Å². The van der Waals surface area contributed by atoms with Crippen LogP contribution in [0.1, 0.15) is 20.7 Å². The zero-order valence-electron chi connectivity index (χ0n) is 14.9. The summed E-state index contributed by atoms with van der Waals surface area (Å²) in [5, 5.41) is 17.7. The Morgan fingerprint density at radius 2 is 0.818 bits per heavy atom. The van der Waals surface area contributed by atoms with Gasteiger partial charge in [0.15, 0.2) is 0 Å². The Balaban J connectivity index is 0. The van der Waals surface area contributed by atoms with Crippen molar-refractivity contribution in [3.8, 4) is 11.4 Å². The monoisotopic (exact) mass is 636 g/mol. The molecule has 0 saturated heterocycles. The van der Waals surface area contributed by atoms with Gasteiger partial charge in [0.1, 0.15) is 0 Å². The Hall–Kier alpha value is -2.12.